The lowest BCUT2D eigenvalue weighted by molar-refractivity contribution is -0.175. The van der Waals surface area contributed by atoms with Gasteiger partial charge in [-0.15, -0.1) is 0 Å². The molecule has 13 heteroatoms. The van der Waals surface area contributed by atoms with Crippen LogP contribution < -0.4 is 10.1 Å². The van der Waals surface area contributed by atoms with Gasteiger partial charge in [-0.05, 0) is 45.2 Å². The molecule has 1 aliphatic heterocycles. The van der Waals surface area contributed by atoms with E-state index in [0.717, 1.165) is 22.6 Å². The molecule has 1 saturated carbocycles. The fourth-order valence-corrected chi connectivity index (χ4v) is 4.37. The Kier molecular flexibility index (Phi) is 10.2. The van der Waals surface area contributed by atoms with Crippen molar-refractivity contribution in [3.05, 3.63) is 41.5 Å². The number of nitrogens with zero attached hydrogens (tertiary/aromatic N) is 1. The van der Waals surface area contributed by atoms with Crippen LogP contribution in [0.5, 0.6) is 5.75 Å². The van der Waals surface area contributed by atoms with Crippen LogP contribution in [-0.2, 0) is 41.7 Å². The van der Waals surface area contributed by atoms with Crippen LogP contribution in [0.3, 0.4) is 0 Å². The molecule has 0 spiro atoms. The van der Waals surface area contributed by atoms with Gasteiger partial charge in [0.1, 0.15) is 37.2 Å². The number of carbonyl (C=O) groups is 5. The van der Waals surface area contributed by atoms with Gasteiger partial charge in [0.25, 0.3) is 11.8 Å². The van der Waals surface area contributed by atoms with Gasteiger partial charge in [0.2, 0.25) is 5.91 Å². The average molecular weight is 577 g/mol. The SMILES string of the molecule is CC(C)(C)C(=O)OCc1ccc(CCCNC(=O)CN2C(=O)C=CC2=O)cc1OC1C[C@H](C(=O)O)[C@@H](O)[C@H](O)[C@H]1O. The van der Waals surface area contributed by atoms with E-state index in [9.17, 15) is 44.4 Å². The van der Waals surface area contributed by atoms with E-state index in [1.165, 1.54) is 0 Å². The molecule has 0 bridgehead atoms. The topological polar surface area (TPSA) is 200 Å². The molecule has 1 aliphatic carbocycles. The van der Waals surface area contributed by atoms with E-state index in [4.69, 9.17) is 9.47 Å². The number of rotatable bonds is 11. The average Bonchev–Trinajstić information content (AvgIpc) is 3.21. The van der Waals surface area contributed by atoms with E-state index in [-0.39, 0.29) is 31.9 Å². The molecule has 3 amide bonds. The van der Waals surface area contributed by atoms with Crippen molar-refractivity contribution in [2.75, 3.05) is 13.1 Å². The number of hydrogen-bond acceptors (Lipinski definition) is 10. The monoisotopic (exact) mass is 576 g/mol. The van der Waals surface area contributed by atoms with Crippen molar-refractivity contribution < 1.29 is 53.9 Å². The van der Waals surface area contributed by atoms with Crippen LogP contribution in [-0.4, -0.2) is 92.5 Å². The van der Waals surface area contributed by atoms with Crippen molar-refractivity contribution in [3.63, 3.8) is 0 Å². The molecule has 1 aromatic rings. The fraction of sp³-hybridized carbons (Fsp3) is 0.536. The lowest BCUT2D eigenvalue weighted by Crippen LogP contribution is -2.57. The fourth-order valence-electron chi connectivity index (χ4n) is 4.37. The quantitative estimate of drug-likeness (QED) is 0.131. The van der Waals surface area contributed by atoms with Crippen molar-refractivity contribution in [2.45, 2.75) is 71.1 Å². The molecule has 1 heterocycles. The van der Waals surface area contributed by atoms with Gasteiger partial charge in [-0.25, -0.2) is 0 Å². The zero-order valence-electron chi connectivity index (χ0n) is 23.1. The zero-order valence-corrected chi connectivity index (χ0v) is 23.1. The Hall–Kier alpha value is -3.81. The molecule has 224 valence electrons. The number of hydrogen-bond donors (Lipinski definition) is 5. The Bertz CT molecular complexity index is 1190. The first kappa shape index (κ1) is 31.7. The van der Waals surface area contributed by atoms with Gasteiger partial charge in [0.05, 0.1) is 17.4 Å². The molecule has 0 radical (unpaired) electrons. The van der Waals surface area contributed by atoms with Crippen molar-refractivity contribution in [2.24, 2.45) is 11.3 Å². The van der Waals surface area contributed by atoms with E-state index in [1.54, 1.807) is 39.0 Å². The number of aliphatic hydroxyl groups is 3. The highest BCUT2D eigenvalue weighted by Gasteiger charge is 2.47. The largest absolute Gasteiger partial charge is 0.487 e. The first-order chi connectivity index (χ1) is 19.2. The highest BCUT2D eigenvalue weighted by Crippen LogP contribution is 2.32. The second-order valence-electron chi connectivity index (χ2n) is 11.1. The maximum absolute atomic E-state index is 12.3. The minimum atomic E-state index is -1.74. The molecule has 5 N–H and O–H groups in total. The molecule has 3 rings (SSSR count). The molecule has 5 atom stereocenters. The summed E-state index contributed by atoms with van der Waals surface area (Å²) in [5, 5.41) is 42.9. The number of benzene rings is 1. The number of amides is 3. The molecule has 0 aromatic heterocycles. The summed E-state index contributed by atoms with van der Waals surface area (Å²) in [5.74, 6) is -4.56. The predicted molar refractivity (Wildman–Crippen MR) is 141 cm³/mol. The number of aliphatic carboxylic acids is 1. The summed E-state index contributed by atoms with van der Waals surface area (Å²) in [7, 11) is 0. The summed E-state index contributed by atoms with van der Waals surface area (Å²) in [4.78, 5) is 60.1. The van der Waals surface area contributed by atoms with Gasteiger partial charge in [-0.1, -0.05) is 12.1 Å². The van der Waals surface area contributed by atoms with Gasteiger partial charge < -0.3 is 35.2 Å². The summed E-state index contributed by atoms with van der Waals surface area (Å²) in [6, 6.07) is 5.05. The van der Waals surface area contributed by atoms with Crippen LogP contribution in [0, 0.1) is 11.3 Å². The van der Waals surface area contributed by atoms with Crippen molar-refractivity contribution >= 4 is 29.7 Å². The van der Waals surface area contributed by atoms with Gasteiger partial charge in [0, 0.05) is 30.7 Å². The lowest BCUT2D eigenvalue weighted by Gasteiger charge is -2.38. The molecule has 1 fully saturated rings. The molecule has 41 heavy (non-hydrogen) atoms. The van der Waals surface area contributed by atoms with Crippen LogP contribution in [0.4, 0.5) is 0 Å². The van der Waals surface area contributed by atoms with Crippen molar-refractivity contribution in [3.8, 4) is 5.75 Å². The molecular formula is C28H36N2O11. The molecule has 0 saturated heterocycles. The summed E-state index contributed by atoms with van der Waals surface area (Å²) in [6.07, 6.45) is -3.32. The van der Waals surface area contributed by atoms with Crippen LogP contribution in [0.1, 0.15) is 44.7 Å². The van der Waals surface area contributed by atoms with E-state index in [0.29, 0.717) is 18.4 Å². The number of aliphatic hydroxyl groups excluding tert-OH is 3. The lowest BCUT2D eigenvalue weighted by atomic mass is 9.80. The van der Waals surface area contributed by atoms with Crippen molar-refractivity contribution in [1.29, 1.82) is 0 Å². The summed E-state index contributed by atoms with van der Waals surface area (Å²) >= 11 is 0. The standard InChI is InChI=1S/C28H36N2O11/c1-28(2,3)27(39)40-14-16-7-6-15(5-4-10-29-20(31)13-30-21(32)8-9-22(30)33)11-18(16)41-19-12-17(26(37)38)23(34)25(36)24(19)35/h6-9,11,17,19,23-25,34-36H,4-5,10,12-14H2,1-3H3,(H,29,31)(H,37,38)/t17-,19?,23+,24-,25-/m0/s1. The highest BCUT2D eigenvalue weighted by molar-refractivity contribution is 6.14. The minimum Gasteiger partial charge on any atom is -0.487 e. The second kappa shape index (κ2) is 13.2. The Morgan fingerprint density at radius 2 is 1.68 bits per heavy atom. The van der Waals surface area contributed by atoms with Gasteiger partial charge >= 0.3 is 11.9 Å². The van der Waals surface area contributed by atoms with E-state index < -0.39 is 65.4 Å². The number of imide groups is 1. The molecular weight excluding hydrogens is 540 g/mol. The normalized spacial score (nSPS) is 24.3. The predicted octanol–water partition coefficient (Wildman–Crippen LogP) is -0.316. The first-order valence-corrected chi connectivity index (χ1v) is 13.2. The number of carboxylic acid groups (broad SMARTS) is 1. The van der Waals surface area contributed by atoms with Gasteiger partial charge in [-0.3, -0.25) is 28.9 Å². The third-order valence-electron chi connectivity index (χ3n) is 6.84. The Morgan fingerprint density at radius 1 is 1.02 bits per heavy atom. The number of nitrogens with one attached hydrogen (secondary N) is 1. The first-order valence-electron chi connectivity index (χ1n) is 13.2. The zero-order chi connectivity index (χ0) is 30.5. The molecule has 1 aromatic carbocycles. The highest BCUT2D eigenvalue weighted by atomic mass is 16.5. The third-order valence-corrected chi connectivity index (χ3v) is 6.84. The Labute approximate surface area is 236 Å². The van der Waals surface area contributed by atoms with Crippen LogP contribution in [0.25, 0.3) is 0 Å². The summed E-state index contributed by atoms with van der Waals surface area (Å²) in [6.45, 7) is 4.79. The van der Waals surface area contributed by atoms with Crippen LogP contribution >= 0.6 is 0 Å². The smallest absolute Gasteiger partial charge is 0.311 e. The maximum atomic E-state index is 12.3. The second-order valence-corrected chi connectivity index (χ2v) is 11.1. The van der Waals surface area contributed by atoms with Gasteiger partial charge in [-0.2, -0.15) is 0 Å². The minimum absolute atomic E-state index is 0.166. The van der Waals surface area contributed by atoms with Crippen LogP contribution in [0.2, 0.25) is 0 Å². The molecule has 1 unspecified atom stereocenters. The van der Waals surface area contributed by atoms with Crippen LogP contribution in [0.15, 0.2) is 30.4 Å². The Morgan fingerprint density at radius 3 is 2.29 bits per heavy atom. The van der Waals surface area contributed by atoms with Crippen molar-refractivity contribution in [1.82, 2.24) is 10.2 Å². The molecule has 2 aliphatic rings. The summed E-state index contributed by atoms with van der Waals surface area (Å²) in [5.41, 5.74) is 0.425. The van der Waals surface area contributed by atoms with Gasteiger partial charge in [0.15, 0.2) is 0 Å². The number of carbonyl (C=O) groups excluding carboxylic acids is 4. The Balaban J connectivity index is 1.68. The number of carboxylic acids is 1. The van der Waals surface area contributed by atoms with E-state index in [1.807, 2.05) is 0 Å². The maximum Gasteiger partial charge on any atom is 0.311 e. The third kappa shape index (κ3) is 8.12. The van der Waals surface area contributed by atoms with E-state index >= 15 is 0 Å². The molecule has 13 nitrogen and oxygen atoms in total. The number of ether oxygens (including phenoxy) is 2. The van der Waals surface area contributed by atoms with E-state index in [2.05, 4.69) is 5.32 Å². The summed E-state index contributed by atoms with van der Waals surface area (Å²) < 4.78 is 11.4. The number of aryl methyl sites for hydroxylation is 1. The number of esters is 1.